The molecular weight excluding hydrogens is 326 g/mol. The van der Waals surface area contributed by atoms with Crippen molar-refractivity contribution >= 4 is 15.9 Å². The fraction of sp³-hybridized carbons (Fsp3) is 0.667. The van der Waals surface area contributed by atoms with Crippen LogP contribution in [0.4, 0.5) is 0 Å². The van der Waals surface area contributed by atoms with Crippen molar-refractivity contribution in [2.24, 2.45) is 0 Å². The fourth-order valence-corrected chi connectivity index (χ4v) is 4.17. The molecule has 0 atom stereocenters. The van der Waals surface area contributed by atoms with Gasteiger partial charge in [0.05, 0.1) is 12.7 Å². The standard InChI is InChI=1S/C18H26BrNO/c19-18-9-5-4-8-17(18)14-12-15(13-14)20-10-11-21-16-6-2-1-3-7-16/h4-5,8-9,14-16,20H,1-3,6-7,10-13H2. The van der Waals surface area contributed by atoms with Gasteiger partial charge in [0.2, 0.25) is 0 Å². The maximum atomic E-state index is 5.96. The van der Waals surface area contributed by atoms with Gasteiger partial charge in [-0.2, -0.15) is 0 Å². The first-order chi connectivity index (χ1) is 10.3. The third kappa shape index (κ3) is 4.30. The smallest absolute Gasteiger partial charge is 0.0594 e. The minimum Gasteiger partial charge on any atom is -0.377 e. The van der Waals surface area contributed by atoms with Crippen LogP contribution in [0, 0.1) is 0 Å². The van der Waals surface area contributed by atoms with Gasteiger partial charge in [0, 0.05) is 17.1 Å². The summed E-state index contributed by atoms with van der Waals surface area (Å²) >= 11 is 3.66. The third-order valence-corrected chi connectivity index (χ3v) is 5.65. The molecule has 0 bridgehead atoms. The van der Waals surface area contributed by atoms with Gasteiger partial charge in [0.1, 0.15) is 0 Å². The van der Waals surface area contributed by atoms with Gasteiger partial charge in [0.25, 0.3) is 0 Å². The summed E-state index contributed by atoms with van der Waals surface area (Å²) in [4.78, 5) is 0. The fourth-order valence-electron chi connectivity index (χ4n) is 3.57. The highest BCUT2D eigenvalue weighted by molar-refractivity contribution is 9.10. The van der Waals surface area contributed by atoms with Crippen LogP contribution in [0.15, 0.2) is 28.7 Å². The van der Waals surface area contributed by atoms with Gasteiger partial charge in [-0.25, -0.2) is 0 Å². The van der Waals surface area contributed by atoms with Crippen LogP contribution < -0.4 is 5.32 Å². The van der Waals surface area contributed by atoms with E-state index in [0.717, 1.165) is 19.1 Å². The first-order valence-corrected chi connectivity index (χ1v) is 9.21. The Bertz CT molecular complexity index is 439. The summed E-state index contributed by atoms with van der Waals surface area (Å²) in [6.07, 6.45) is 9.70. The third-order valence-electron chi connectivity index (χ3n) is 4.92. The minimum absolute atomic E-state index is 0.537. The van der Waals surface area contributed by atoms with Crippen LogP contribution in [0.3, 0.4) is 0 Å². The second-order valence-corrected chi connectivity index (χ2v) is 7.33. The van der Waals surface area contributed by atoms with E-state index in [1.54, 1.807) is 0 Å². The zero-order valence-electron chi connectivity index (χ0n) is 12.7. The molecule has 2 fully saturated rings. The average molecular weight is 352 g/mol. The van der Waals surface area contributed by atoms with Crippen LogP contribution >= 0.6 is 15.9 Å². The highest BCUT2D eigenvalue weighted by atomic mass is 79.9. The van der Waals surface area contributed by atoms with E-state index < -0.39 is 0 Å². The summed E-state index contributed by atoms with van der Waals surface area (Å²) in [5, 5.41) is 3.64. The Morgan fingerprint density at radius 2 is 1.86 bits per heavy atom. The highest BCUT2D eigenvalue weighted by Crippen LogP contribution is 2.39. The van der Waals surface area contributed by atoms with Crippen LogP contribution in [0.2, 0.25) is 0 Å². The van der Waals surface area contributed by atoms with Crippen LogP contribution in [-0.4, -0.2) is 25.3 Å². The lowest BCUT2D eigenvalue weighted by Crippen LogP contribution is -2.41. The molecule has 0 aliphatic heterocycles. The molecule has 0 aromatic heterocycles. The van der Waals surface area contributed by atoms with Gasteiger partial charge in [-0.05, 0) is 43.2 Å². The molecule has 2 nitrogen and oxygen atoms in total. The Labute approximate surface area is 136 Å². The van der Waals surface area contributed by atoms with E-state index in [-0.39, 0.29) is 0 Å². The first kappa shape index (κ1) is 15.5. The Hall–Kier alpha value is -0.380. The van der Waals surface area contributed by atoms with Crippen molar-refractivity contribution in [3.8, 4) is 0 Å². The molecule has 1 aromatic rings. The van der Waals surface area contributed by atoms with Crippen molar-refractivity contribution in [3.05, 3.63) is 34.3 Å². The highest BCUT2D eigenvalue weighted by Gasteiger charge is 2.30. The van der Waals surface area contributed by atoms with Gasteiger partial charge in [-0.15, -0.1) is 0 Å². The van der Waals surface area contributed by atoms with Gasteiger partial charge in [-0.3, -0.25) is 0 Å². The predicted molar refractivity (Wildman–Crippen MR) is 90.7 cm³/mol. The van der Waals surface area contributed by atoms with Crippen molar-refractivity contribution in [2.45, 2.75) is 63.0 Å². The van der Waals surface area contributed by atoms with Gasteiger partial charge in [0.15, 0.2) is 0 Å². The molecule has 1 N–H and O–H groups in total. The summed E-state index contributed by atoms with van der Waals surface area (Å²) in [6.45, 7) is 1.88. The van der Waals surface area contributed by atoms with Gasteiger partial charge < -0.3 is 10.1 Å². The van der Waals surface area contributed by atoms with Crippen molar-refractivity contribution in [3.63, 3.8) is 0 Å². The van der Waals surface area contributed by atoms with E-state index in [1.165, 1.54) is 55.0 Å². The maximum Gasteiger partial charge on any atom is 0.0594 e. The van der Waals surface area contributed by atoms with Crippen LogP contribution in [0.1, 0.15) is 56.4 Å². The zero-order valence-corrected chi connectivity index (χ0v) is 14.3. The summed E-state index contributed by atoms with van der Waals surface area (Å²) in [5.74, 6) is 0.720. The van der Waals surface area contributed by atoms with E-state index in [2.05, 4.69) is 45.5 Å². The van der Waals surface area contributed by atoms with E-state index in [9.17, 15) is 0 Å². The molecule has 1 aromatic carbocycles. The number of benzene rings is 1. The second-order valence-electron chi connectivity index (χ2n) is 6.47. The lowest BCUT2D eigenvalue weighted by atomic mass is 9.76. The van der Waals surface area contributed by atoms with Crippen LogP contribution in [0.25, 0.3) is 0 Å². The van der Waals surface area contributed by atoms with E-state index in [1.807, 2.05) is 0 Å². The van der Waals surface area contributed by atoms with Gasteiger partial charge in [-0.1, -0.05) is 53.4 Å². The quantitative estimate of drug-likeness (QED) is 0.754. The molecule has 2 aliphatic carbocycles. The minimum atomic E-state index is 0.537. The molecule has 2 saturated carbocycles. The lowest BCUT2D eigenvalue weighted by molar-refractivity contribution is 0.0280. The van der Waals surface area contributed by atoms with Crippen molar-refractivity contribution in [2.75, 3.05) is 13.2 Å². The van der Waals surface area contributed by atoms with Crippen LogP contribution in [-0.2, 0) is 4.74 Å². The average Bonchev–Trinajstić information content (AvgIpc) is 2.47. The molecule has 0 amide bonds. The molecule has 0 unspecified atom stereocenters. The number of hydrogen-bond acceptors (Lipinski definition) is 2. The van der Waals surface area contributed by atoms with Crippen molar-refractivity contribution in [1.82, 2.24) is 5.32 Å². The van der Waals surface area contributed by atoms with E-state index >= 15 is 0 Å². The molecule has 0 spiro atoms. The molecule has 0 saturated heterocycles. The summed E-state index contributed by atoms with van der Waals surface area (Å²) < 4.78 is 7.22. The lowest BCUT2D eigenvalue weighted by Gasteiger charge is -2.37. The zero-order chi connectivity index (χ0) is 14.5. The predicted octanol–water partition coefficient (Wildman–Crippen LogP) is 4.63. The van der Waals surface area contributed by atoms with E-state index in [0.29, 0.717) is 12.1 Å². The van der Waals surface area contributed by atoms with Crippen LogP contribution in [0.5, 0.6) is 0 Å². The number of nitrogens with one attached hydrogen (secondary N) is 1. The maximum absolute atomic E-state index is 5.96. The number of halogens is 1. The summed E-state index contributed by atoms with van der Waals surface area (Å²) in [7, 11) is 0. The summed E-state index contributed by atoms with van der Waals surface area (Å²) in [5.41, 5.74) is 1.47. The Morgan fingerprint density at radius 1 is 1.10 bits per heavy atom. The normalized spacial score (nSPS) is 26.5. The number of hydrogen-bond donors (Lipinski definition) is 1. The molecule has 3 heteroatoms. The van der Waals surface area contributed by atoms with E-state index in [4.69, 9.17) is 4.74 Å². The molecule has 21 heavy (non-hydrogen) atoms. The Kier molecular flexibility index (Phi) is 5.73. The Balaban J connectivity index is 1.30. The Morgan fingerprint density at radius 3 is 2.62 bits per heavy atom. The monoisotopic (exact) mass is 351 g/mol. The summed E-state index contributed by atoms with van der Waals surface area (Å²) in [6, 6.07) is 9.30. The topological polar surface area (TPSA) is 21.3 Å². The van der Waals surface area contributed by atoms with Crippen molar-refractivity contribution < 1.29 is 4.74 Å². The molecule has 116 valence electrons. The molecule has 0 radical (unpaired) electrons. The molecular formula is C18H26BrNO. The molecule has 3 rings (SSSR count). The van der Waals surface area contributed by atoms with Crippen molar-refractivity contribution in [1.29, 1.82) is 0 Å². The second kappa shape index (κ2) is 7.75. The number of ether oxygens (including phenoxy) is 1. The first-order valence-electron chi connectivity index (χ1n) is 8.42. The molecule has 2 aliphatic rings. The SMILES string of the molecule is Brc1ccccc1C1CC(NCCOC2CCCCC2)C1. The molecule has 0 heterocycles. The van der Waals surface area contributed by atoms with Gasteiger partial charge >= 0.3 is 0 Å². The number of rotatable bonds is 6. The largest absolute Gasteiger partial charge is 0.377 e.